The van der Waals surface area contributed by atoms with Gasteiger partial charge in [0.15, 0.2) is 0 Å². The highest BCUT2D eigenvalue weighted by Gasteiger charge is 2.07. The zero-order valence-corrected chi connectivity index (χ0v) is 13.5. The van der Waals surface area contributed by atoms with E-state index in [9.17, 15) is 4.39 Å². The summed E-state index contributed by atoms with van der Waals surface area (Å²) in [7, 11) is 0. The normalized spacial score (nSPS) is 11.1. The molecule has 19 heavy (non-hydrogen) atoms. The summed E-state index contributed by atoms with van der Waals surface area (Å²) in [6.07, 6.45) is 1.83. The highest BCUT2D eigenvalue weighted by molar-refractivity contribution is 14.1. The van der Waals surface area contributed by atoms with Gasteiger partial charge in [-0.05, 0) is 58.5 Å². The number of benzene rings is 2. The van der Waals surface area contributed by atoms with Gasteiger partial charge in [0.05, 0.1) is 18.3 Å². The zero-order chi connectivity index (χ0) is 13.4. The minimum absolute atomic E-state index is 0.232. The van der Waals surface area contributed by atoms with Crippen LogP contribution in [0.15, 0.2) is 47.1 Å². The lowest BCUT2D eigenvalue weighted by atomic mass is 10.2. The highest BCUT2D eigenvalue weighted by atomic mass is 127. The zero-order valence-electron chi connectivity index (χ0n) is 9.78. The average Bonchev–Trinajstić information content (AvgIpc) is 2.77. The minimum atomic E-state index is -0.232. The molecule has 1 heterocycles. The second-order valence-electron chi connectivity index (χ2n) is 4.24. The topological polar surface area (TPSA) is 17.8 Å². The lowest BCUT2D eigenvalue weighted by Crippen LogP contribution is -2.02. The first kappa shape index (κ1) is 13.1. The van der Waals surface area contributed by atoms with Gasteiger partial charge in [-0.3, -0.25) is 4.68 Å². The average molecular weight is 431 g/mol. The quantitative estimate of drug-likeness (QED) is 0.543. The Morgan fingerprint density at radius 3 is 2.89 bits per heavy atom. The summed E-state index contributed by atoms with van der Waals surface area (Å²) in [4.78, 5) is 0. The molecule has 5 heteroatoms. The predicted molar refractivity (Wildman–Crippen MR) is 85.7 cm³/mol. The monoisotopic (exact) mass is 430 g/mol. The van der Waals surface area contributed by atoms with E-state index >= 15 is 0 Å². The molecule has 0 unspecified atom stereocenters. The van der Waals surface area contributed by atoms with E-state index in [1.165, 1.54) is 12.1 Å². The van der Waals surface area contributed by atoms with Crippen LogP contribution in [0.2, 0.25) is 0 Å². The predicted octanol–water partition coefficient (Wildman–Crippen LogP) is 4.59. The molecule has 0 saturated heterocycles. The molecule has 0 spiro atoms. The van der Waals surface area contributed by atoms with Crippen molar-refractivity contribution in [3.63, 3.8) is 0 Å². The Balaban J connectivity index is 2.05. The number of nitrogens with zero attached hydrogens (tertiary/aromatic N) is 2. The van der Waals surface area contributed by atoms with Crippen molar-refractivity contribution < 1.29 is 4.39 Å². The molecule has 2 aromatic carbocycles. The van der Waals surface area contributed by atoms with E-state index in [-0.39, 0.29) is 5.82 Å². The van der Waals surface area contributed by atoms with Crippen molar-refractivity contribution in [2.45, 2.75) is 6.54 Å². The van der Waals surface area contributed by atoms with E-state index in [1.807, 2.05) is 23.0 Å². The van der Waals surface area contributed by atoms with E-state index < -0.39 is 0 Å². The van der Waals surface area contributed by atoms with E-state index in [0.717, 1.165) is 24.5 Å². The molecule has 0 fully saturated rings. The van der Waals surface area contributed by atoms with Crippen molar-refractivity contribution in [2.24, 2.45) is 0 Å². The first-order valence-corrected chi connectivity index (χ1v) is 7.56. The van der Waals surface area contributed by atoms with Crippen molar-refractivity contribution in [1.82, 2.24) is 9.78 Å². The van der Waals surface area contributed by atoms with Crippen LogP contribution >= 0.6 is 38.5 Å². The molecule has 1 aromatic heterocycles. The van der Waals surface area contributed by atoms with Crippen LogP contribution in [0.5, 0.6) is 0 Å². The Kier molecular flexibility index (Phi) is 3.58. The van der Waals surface area contributed by atoms with Crippen molar-refractivity contribution >= 4 is 49.4 Å². The fraction of sp³-hybridized carbons (Fsp3) is 0.0714. The number of halogens is 3. The van der Waals surface area contributed by atoms with Gasteiger partial charge in [-0.15, -0.1) is 0 Å². The maximum Gasteiger partial charge on any atom is 0.123 e. The maximum atomic E-state index is 13.3. The van der Waals surface area contributed by atoms with Crippen LogP contribution in [-0.2, 0) is 6.54 Å². The van der Waals surface area contributed by atoms with Crippen molar-refractivity contribution in [3.8, 4) is 0 Å². The summed E-state index contributed by atoms with van der Waals surface area (Å²) in [6.45, 7) is 0.544. The Morgan fingerprint density at radius 2 is 2.05 bits per heavy atom. The second-order valence-corrected chi connectivity index (χ2v) is 6.34. The van der Waals surface area contributed by atoms with Crippen LogP contribution in [0, 0.1) is 9.39 Å². The van der Waals surface area contributed by atoms with Gasteiger partial charge in [-0.2, -0.15) is 5.10 Å². The van der Waals surface area contributed by atoms with Gasteiger partial charge in [-0.1, -0.05) is 22.0 Å². The molecule has 96 valence electrons. The lowest BCUT2D eigenvalue weighted by Gasteiger charge is -2.07. The standard InChI is InChI=1S/C14H9BrFIN2/c15-13-4-2-11(16)5-10(13)8-19-14-6-12(17)3-1-9(14)7-18-19/h1-7H,8H2. The third-order valence-electron chi connectivity index (χ3n) is 2.93. The van der Waals surface area contributed by atoms with E-state index in [0.29, 0.717) is 6.54 Å². The van der Waals surface area contributed by atoms with Crippen molar-refractivity contribution in [3.05, 3.63) is 62.0 Å². The molecule has 0 radical (unpaired) electrons. The molecule has 0 aliphatic rings. The summed E-state index contributed by atoms with van der Waals surface area (Å²) in [5.41, 5.74) is 1.94. The van der Waals surface area contributed by atoms with Crippen LogP contribution in [0.25, 0.3) is 10.9 Å². The Bertz CT molecular complexity index is 754. The number of rotatable bonds is 2. The molecule has 2 nitrogen and oxygen atoms in total. The van der Waals surface area contributed by atoms with Crippen molar-refractivity contribution in [1.29, 1.82) is 0 Å². The number of hydrogen-bond donors (Lipinski definition) is 0. The molecular weight excluding hydrogens is 422 g/mol. The fourth-order valence-electron chi connectivity index (χ4n) is 2.00. The molecule has 0 N–H and O–H groups in total. The maximum absolute atomic E-state index is 13.3. The van der Waals surface area contributed by atoms with Gasteiger partial charge in [0.2, 0.25) is 0 Å². The smallest absolute Gasteiger partial charge is 0.123 e. The summed E-state index contributed by atoms with van der Waals surface area (Å²) in [6, 6.07) is 10.9. The van der Waals surface area contributed by atoms with Gasteiger partial charge in [0.1, 0.15) is 5.82 Å². The van der Waals surface area contributed by atoms with E-state index in [1.54, 1.807) is 6.07 Å². The third kappa shape index (κ3) is 2.67. The molecular formula is C14H9BrFIN2. The van der Waals surface area contributed by atoms with E-state index in [2.05, 4.69) is 49.7 Å². The Morgan fingerprint density at radius 1 is 1.21 bits per heavy atom. The van der Waals surface area contributed by atoms with Gasteiger partial charge in [0.25, 0.3) is 0 Å². The summed E-state index contributed by atoms with van der Waals surface area (Å²) >= 11 is 5.72. The number of aromatic nitrogens is 2. The molecule has 3 aromatic rings. The Hall–Kier alpha value is -0.950. The molecule has 0 bridgehead atoms. The van der Waals surface area contributed by atoms with Crippen LogP contribution in [0.1, 0.15) is 5.56 Å². The van der Waals surface area contributed by atoms with Gasteiger partial charge >= 0.3 is 0 Å². The largest absolute Gasteiger partial charge is 0.260 e. The van der Waals surface area contributed by atoms with Crippen LogP contribution in [-0.4, -0.2) is 9.78 Å². The van der Waals surface area contributed by atoms with Crippen LogP contribution < -0.4 is 0 Å². The molecule has 0 aliphatic carbocycles. The van der Waals surface area contributed by atoms with Gasteiger partial charge in [-0.25, -0.2) is 4.39 Å². The molecule has 0 atom stereocenters. The number of fused-ring (bicyclic) bond motifs is 1. The minimum Gasteiger partial charge on any atom is -0.260 e. The fourth-order valence-corrected chi connectivity index (χ4v) is 2.84. The molecule has 0 saturated carbocycles. The molecule has 0 aliphatic heterocycles. The first-order chi connectivity index (χ1) is 9.13. The first-order valence-electron chi connectivity index (χ1n) is 5.68. The molecule has 0 amide bonds. The highest BCUT2D eigenvalue weighted by Crippen LogP contribution is 2.22. The van der Waals surface area contributed by atoms with E-state index in [4.69, 9.17) is 0 Å². The van der Waals surface area contributed by atoms with Crippen LogP contribution in [0.3, 0.4) is 0 Å². The van der Waals surface area contributed by atoms with Gasteiger partial charge in [0, 0.05) is 13.4 Å². The second kappa shape index (κ2) is 5.20. The third-order valence-corrected chi connectivity index (χ3v) is 4.38. The molecule has 3 rings (SSSR count). The summed E-state index contributed by atoms with van der Waals surface area (Å²) < 4.78 is 17.2. The Labute approximate surface area is 131 Å². The van der Waals surface area contributed by atoms with Crippen LogP contribution in [0.4, 0.5) is 4.39 Å². The SMILES string of the molecule is Fc1ccc(Br)c(Cn2ncc3ccc(I)cc32)c1. The summed E-state index contributed by atoms with van der Waals surface area (Å²) in [5, 5.41) is 5.46. The number of hydrogen-bond acceptors (Lipinski definition) is 1. The lowest BCUT2D eigenvalue weighted by molar-refractivity contribution is 0.620. The summed E-state index contributed by atoms with van der Waals surface area (Å²) in [5.74, 6) is -0.232. The van der Waals surface area contributed by atoms with Crippen molar-refractivity contribution in [2.75, 3.05) is 0 Å². The van der Waals surface area contributed by atoms with Gasteiger partial charge < -0.3 is 0 Å².